The maximum absolute atomic E-state index is 13.5. The van der Waals surface area contributed by atoms with Crippen LogP contribution in [-0.2, 0) is 6.54 Å². The van der Waals surface area contributed by atoms with Gasteiger partial charge in [-0.1, -0.05) is 19.9 Å². The lowest BCUT2D eigenvalue weighted by atomic mass is 10.1. The van der Waals surface area contributed by atoms with Crippen molar-refractivity contribution in [1.82, 2.24) is 9.55 Å². The number of halogens is 1. The molecule has 0 spiro atoms. The highest BCUT2D eigenvalue weighted by atomic mass is 32.1. The molecule has 1 aromatic heterocycles. The zero-order valence-corrected chi connectivity index (χ0v) is 10.3. The molecule has 2 rings (SSSR count). The minimum Gasteiger partial charge on any atom is -0.328 e. The Labute approximate surface area is 99.1 Å². The number of benzene rings is 1. The molecule has 0 saturated carbocycles. The minimum atomic E-state index is -0.244. The minimum absolute atomic E-state index is 0.244. The molecule has 86 valence electrons. The lowest BCUT2D eigenvalue weighted by Gasteiger charge is -2.06. The van der Waals surface area contributed by atoms with Crippen LogP contribution in [0.25, 0.3) is 11.0 Å². The van der Waals surface area contributed by atoms with Crippen LogP contribution in [0.4, 0.5) is 4.39 Å². The molecule has 1 aromatic carbocycles. The van der Waals surface area contributed by atoms with Gasteiger partial charge in [-0.2, -0.15) is 0 Å². The van der Waals surface area contributed by atoms with Crippen LogP contribution in [0.15, 0.2) is 18.2 Å². The third kappa shape index (κ3) is 2.02. The van der Waals surface area contributed by atoms with E-state index in [0.29, 0.717) is 16.2 Å². The van der Waals surface area contributed by atoms with Gasteiger partial charge in [0.05, 0.1) is 5.52 Å². The van der Waals surface area contributed by atoms with E-state index in [0.717, 1.165) is 18.5 Å². The fourth-order valence-corrected chi connectivity index (χ4v) is 2.05. The highest BCUT2D eigenvalue weighted by Crippen LogP contribution is 2.18. The van der Waals surface area contributed by atoms with E-state index in [-0.39, 0.29) is 5.82 Å². The summed E-state index contributed by atoms with van der Waals surface area (Å²) in [7, 11) is 0. The molecule has 0 radical (unpaired) electrons. The van der Waals surface area contributed by atoms with Gasteiger partial charge in [0.15, 0.2) is 4.77 Å². The first-order valence-corrected chi connectivity index (χ1v) is 5.87. The lowest BCUT2D eigenvalue weighted by molar-refractivity contribution is 0.520. The normalized spacial score (nSPS) is 11.5. The second-order valence-corrected chi connectivity index (χ2v) is 4.78. The van der Waals surface area contributed by atoms with Crippen molar-refractivity contribution in [3.63, 3.8) is 0 Å². The molecule has 16 heavy (non-hydrogen) atoms. The molecule has 0 bridgehead atoms. The molecule has 2 aromatic rings. The number of imidazole rings is 1. The van der Waals surface area contributed by atoms with Gasteiger partial charge in [0, 0.05) is 6.54 Å². The van der Waals surface area contributed by atoms with Gasteiger partial charge in [0.25, 0.3) is 0 Å². The van der Waals surface area contributed by atoms with Crippen LogP contribution in [0.2, 0.25) is 0 Å². The largest absolute Gasteiger partial charge is 0.328 e. The van der Waals surface area contributed by atoms with Crippen LogP contribution in [0, 0.1) is 16.5 Å². The highest BCUT2D eigenvalue weighted by molar-refractivity contribution is 7.71. The van der Waals surface area contributed by atoms with Gasteiger partial charge in [0.1, 0.15) is 11.3 Å². The zero-order valence-electron chi connectivity index (χ0n) is 9.46. The van der Waals surface area contributed by atoms with E-state index < -0.39 is 0 Å². The number of para-hydroxylation sites is 1. The first-order valence-electron chi connectivity index (χ1n) is 5.46. The first kappa shape index (κ1) is 11.3. The third-order valence-corrected chi connectivity index (χ3v) is 3.01. The van der Waals surface area contributed by atoms with Crippen LogP contribution in [0.1, 0.15) is 20.3 Å². The third-order valence-electron chi connectivity index (χ3n) is 2.69. The van der Waals surface area contributed by atoms with Gasteiger partial charge in [-0.25, -0.2) is 4.39 Å². The maximum Gasteiger partial charge on any atom is 0.178 e. The number of aromatic amines is 1. The smallest absolute Gasteiger partial charge is 0.178 e. The molecule has 0 atom stereocenters. The summed E-state index contributed by atoms with van der Waals surface area (Å²) >= 11 is 5.21. The number of H-pyrrole nitrogens is 1. The zero-order chi connectivity index (χ0) is 11.7. The van der Waals surface area contributed by atoms with Crippen LogP contribution in [-0.4, -0.2) is 9.55 Å². The molecule has 0 aliphatic rings. The fraction of sp³-hybridized carbons (Fsp3) is 0.417. The number of nitrogens with zero attached hydrogens (tertiary/aromatic N) is 1. The average molecular weight is 238 g/mol. The highest BCUT2D eigenvalue weighted by Gasteiger charge is 2.08. The van der Waals surface area contributed by atoms with Crippen molar-refractivity contribution in [2.45, 2.75) is 26.8 Å². The molecule has 0 aliphatic heterocycles. The molecule has 0 aliphatic carbocycles. The van der Waals surface area contributed by atoms with Crippen LogP contribution in [0.3, 0.4) is 0 Å². The van der Waals surface area contributed by atoms with E-state index in [9.17, 15) is 4.39 Å². The van der Waals surface area contributed by atoms with Crippen molar-refractivity contribution in [3.8, 4) is 0 Å². The summed E-state index contributed by atoms with van der Waals surface area (Å²) in [5.41, 5.74) is 1.36. The van der Waals surface area contributed by atoms with Crippen LogP contribution in [0.5, 0.6) is 0 Å². The first-order chi connectivity index (χ1) is 7.59. The molecule has 1 heterocycles. The lowest BCUT2D eigenvalue weighted by Crippen LogP contribution is -2.01. The Balaban J connectivity index is 2.48. The SMILES string of the molecule is CC(C)CCn1c(=S)[nH]c2c(F)cccc21. The summed E-state index contributed by atoms with van der Waals surface area (Å²) in [4.78, 5) is 2.92. The maximum atomic E-state index is 13.5. The van der Waals surface area contributed by atoms with E-state index in [1.807, 2.05) is 10.6 Å². The number of rotatable bonds is 3. The van der Waals surface area contributed by atoms with Crippen molar-refractivity contribution < 1.29 is 4.39 Å². The average Bonchev–Trinajstić information content (AvgIpc) is 2.53. The summed E-state index contributed by atoms with van der Waals surface area (Å²) in [5.74, 6) is 0.368. The summed E-state index contributed by atoms with van der Waals surface area (Å²) in [6.07, 6.45) is 1.04. The molecular formula is C12H15FN2S. The Hall–Kier alpha value is -1.16. The van der Waals surface area contributed by atoms with Gasteiger partial charge in [-0.15, -0.1) is 0 Å². The van der Waals surface area contributed by atoms with Crippen molar-refractivity contribution in [3.05, 3.63) is 28.8 Å². The second kappa shape index (κ2) is 4.37. The van der Waals surface area contributed by atoms with Gasteiger partial charge in [-0.05, 0) is 36.7 Å². The Morgan fingerprint density at radius 1 is 1.44 bits per heavy atom. The predicted molar refractivity (Wildman–Crippen MR) is 66.5 cm³/mol. The number of nitrogens with one attached hydrogen (secondary N) is 1. The van der Waals surface area contributed by atoms with Crippen molar-refractivity contribution >= 4 is 23.3 Å². The summed E-state index contributed by atoms with van der Waals surface area (Å²) in [6.45, 7) is 5.16. The van der Waals surface area contributed by atoms with Gasteiger partial charge in [0.2, 0.25) is 0 Å². The van der Waals surface area contributed by atoms with E-state index in [4.69, 9.17) is 12.2 Å². The van der Waals surface area contributed by atoms with Crippen molar-refractivity contribution in [1.29, 1.82) is 0 Å². The number of hydrogen-bond donors (Lipinski definition) is 1. The van der Waals surface area contributed by atoms with Gasteiger partial charge in [-0.3, -0.25) is 0 Å². The number of aromatic nitrogens is 2. The second-order valence-electron chi connectivity index (χ2n) is 4.40. The molecule has 0 fully saturated rings. The van der Waals surface area contributed by atoms with Gasteiger partial charge < -0.3 is 9.55 Å². The van der Waals surface area contributed by atoms with Crippen molar-refractivity contribution in [2.75, 3.05) is 0 Å². The van der Waals surface area contributed by atoms with Crippen LogP contribution >= 0.6 is 12.2 Å². The molecular weight excluding hydrogens is 223 g/mol. The fourth-order valence-electron chi connectivity index (χ4n) is 1.75. The summed E-state index contributed by atoms with van der Waals surface area (Å²) in [5, 5.41) is 0. The molecule has 1 N–H and O–H groups in total. The topological polar surface area (TPSA) is 20.7 Å². The number of hydrogen-bond acceptors (Lipinski definition) is 1. The summed E-state index contributed by atoms with van der Waals surface area (Å²) in [6, 6.07) is 5.05. The standard InChI is InChI=1S/C12H15FN2S/c1-8(2)6-7-15-10-5-3-4-9(13)11(10)14-12(15)16/h3-5,8H,6-7H2,1-2H3,(H,14,16). The van der Waals surface area contributed by atoms with Crippen molar-refractivity contribution in [2.24, 2.45) is 5.92 Å². The molecule has 0 unspecified atom stereocenters. The van der Waals surface area contributed by atoms with Crippen LogP contribution < -0.4 is 0 Å². The monoisotopic (exact) mass is 238 g/mol. The molecule has 2 nitrogen and oxygen atoms in total. The van der Waals surface area contributed by atoms with Gasteiger partial charge >= 0.3 is 0 Å². The van der Waals surface area contributed by atoms with E-state index >= 15 is 0 Å². The van der Waals surface area contributed by atoms with E-state index in [2.05, 4.69) is 18.8 Å². The Morgan fingerprint density at radius 3 is 2.88 bits per heavy atom. The molecule has 4 heteroatoms. The van der Waals surface area contributed by atoms with E-state index in [1.54, 1.807) is 6.07 Å². The Bertz CT molecular complexity index is 554. The van der Waals surface area contributed by atoms with E-state index in [1.165, 1.54) is 6.07 Å². The number of fused-ring (bicyclic) bond motifs is 1. The Kier molecular flexibility index (Phi) is 3.10. The Morgan fingerprint density at radius 2 is 2.19 bits per heavy atom. The summed E-state index contributed by atoms with van der Waals surface area (Å²) < 4.78 is 16.1. The number of aryl methyl sites for hydroxylation is 1. The molecule has 0 saturated heterocycles. The predicted octanol–water partition coefficient (Wildman–Crippen LogP) is 3.88. The molecule has 0 amide bonds. The quantitative estimate of drug-likeness (QED) is 0.805.